The number of rotatable bonds is 6. The molecule has 30 heavy (non-hydrogen) atoms. The molecule has 0 spiro atoms. The monoisotopic (exact) mass is 437 g/mol. The van der Waals surface area contributed by atoms with E-state index in [4.69, 9.17) is 16.0 Å². The number of aryl methyl sites for hydroxylation is 1. The van der Waals surface area contributed by atoms with E-state index in [1.165, 1.54) is 11.3 Å². The van der Waals surface area contributed by atoms with Gasteiger partial charge in [0.25, 0.3) is 5.91 Å². The maximum absolute atomic E-state index is 12.9. The number of amides is 1. The fraction of sp³-hybridized carbons (Fsp3) is 0.174. The number of carbonyl (C=O) groups is 1. The fourth-order valence-electron chi connectivity index (χ4n) is 3.15. The molecule has 0 bridgehead atoms. The molecule has 7 heteroatoms. The van der Waals surface area contributed by atoms with Gasteiger partial charge >= 0.3 is 0 Å². The smallest absolute Gasteiger partial charge is 0.254 e. The summed E-state index contributed by atoms with van der Waals surface area (Å²) in [7, 11) is 0. The molecule has 0 N–H and O–H groups in total. The molecule has 2 aromatic heterocycles. The van der Waals surface area contributed by atoms with Gasteiger partial charge in [-0.3, -0.25) is 4.79 Å². The Morgan fingerprint density at radius 1 is 1.03 bits per heavy atom. The van der Waals surface area contributed by atoms with Gasteiger partial charge in [0.2, 0.25) is 11.8 Å². The van der Waals surface area contributed by atoms with Crippen molar-refractivity contribution in [3.8, 4) is 22.9 Å². The zero-order chi connectivity index (χ0) is 21.1. The Balaban J connectivity index is 1.51. The minimum absolute atomic E-state index is 0.0281. The highest BCUT2D eigenvalue weighted by atomic mass is 35.5. The number of hydrogen-bond acceptors (Lipinski definition) is 5. The number of thiophene rings is 1. The summed E-state index contributed by atoms with van der Waals surface area (Å²) < 4.78 is 6.58. The Morgan fingerprint density at radius 3 is 2.43 bits per heavy atom. The molecule has 0 aliphatic heterocycles. The highest BCUT2D eigenvalue weighted by Gasteiger charge is 2.17. The number of hydrogen-bond donors (Lipinski definition) is 0. The number of aromatic nitrogens is 2. The van der Waals surface area contributed by atoms with Gasteiger partial charge in [-0.15, -0.1) is 21.5 Å². The van der Waals surface area contributed by atoms with Gasteiger partial charge in [-0.2, -0.15) is 0 Å². The Hall–Kier alpha value is -2.96. The summed E-state index contributed by atoms with van der Waals surface area (Å²) in [6.07, 6.45) is 0. The molecule has 4 rings (SSSR count). The van der Waals surface area contributed by atoms with Gasteiger partial charge in [0, 0.05) is 28.1 Å². The second-order valence-corrected chi connectivity index (χ2v) is 8.63. The zero-order valence-electron chi connectivity index (χ0n) is 16.6. The van der Waals surface area contributed by atoms with Crippen molar-refractivity contribution in [1.29, 1.82) is 0 Å². The molecule has 0 saturated heterocycles. The molecule has 4 aromatic rings. The first-order chi connectivity index (χ1) is 14.5. The molecular weight excluding hydrogens is 418 g/mol. The Bertz CT molecular complexity index is 1170. The van der Waals surface area contributed by atoms with Crippen LogP contribution < -0.4 is 0 Å². The molecule has 152 valence electrons. The van der Waals surface area contributed by atoms with E-state index in [0.717, 1.165) is 25.9 Å². The summed E-state index contributed by atoms with van der Waals surface area (Å²) in [6, 6.07) is 18.9. The summed E-state index contributed by atoms with van der Waals surface area (Å²) in [5.74, 6) is 0.877. The molecule has 0 unspecified atom stereocenters. The van der Waals surface area contributed by atoms with E-state index in [2.05, 4.69) is 10.2 Å². The standard InChI is InChI=1S/C23H20ClN3O2S/c1-3-27(14-18-12-13-20(24)30-18)23(28)17-10-8-16(9-11-17)21-25-26-22(29-21)19-7-5-4-6-15(19)2/h4-13H,3,14H2,1-2H3. The van der Waals surface area contributed by atoms with E-state index in [1.54, 1.807) is 17.0 Å². The van der Waals surface area contributed by atoms with Gasteiger partial charge in [-0.25, -0.2) is 0 Å². The molecule has 5 nitrogen and oxygen atoms in total. The van der Waals surface area contributed by atoms with Crippen molar-refractivity contribution in [3.05, 3.63) is 81.0 Å². The highest BCUT2D eigenvalue weighted by Crippen LogP contribution is 2.27. The number of carbonyl (C=O) groups excluding carboxylic acids is 1. The van der Waals surface area contributed by atoms with Crippen LogP contribution in [0.25, 0.3) is 22.9 Å². The first-order valence-corrected chi connectivity index (χ1v) is 10.8. The van der Waals surface area contributed by atoms with Crippen LogP contribution in [0.4, 0.5) is 0 Å². The number of benzene rings is 2. The normalized spacial score (nSPS) is 10.9. The van der Waals surface area contributed by atoms with E-state index in [-0.39, 0.29) is 5.91 Å². The molecule has 0 aliphatic rings. The molecule has 0 radical (unpaired) electrons. The summed E-state index contributed by atoms with van der Waals surface area (Å²) in [4.78, 5) is 15.8. The van der Waals surface area contributed by atoms with E-state index in [9.17, 15) is 4.79 Å². The Morgan fingerprint density at radius 2 is 1.77 bits per heavy atom. The van der Waals surface area contributed by atoms with Gasteiger partial charge in [-0.05, 0) is 61.9 Å². The van der Waals surface area contributed by atoms with Crippen LogP contribution in [0.5, 0.6) is 0 Å². The average molecular weight is 438 g/mol. The third-order valence-electron chi connectivity index (χ3n) is 4.82. The largest absolute Gasteiger partial charge is 0.416 e. The molecule has 0 saturated carbocycles. The lowest BCUT2D eigenvalue weighted by molar-refractivity contribution is 0.0754. The summed E-state index contributed by atoms with van der Waals surface area (Å²) in [5.41, 5.74) is 3.37. The maximum Gasteiger partial charge on any atom is 0.254 e. The molecule has 2 heterocycles. The fourth-order valence-corrected chi connectivity index (χ4v) is 4.25. The third kappa shape index (κ3) is 4.30. The predicted octanol–water partition coefficient (Wildman–Crippen LogP) is 6.09. The molecule has 2 aromatic carbocycles. The molecular formula is C23H20ClN3O2S. The van der Waals surface area contributed by atoms with Crippen molar-refractivity contribution in [2.75, 3.05) is 6.54 Å². The van der Waals surface area contributed by atoms with Crippen molar-refractivity contribution in [1.82, 2.24) is 15.1 Å². The first kappa shape index (κ1) is 20.3. The van der Waals surface area contributed by atoms with Crippen LogP contribution in [-0.2, 0) is 6.54 Å². The van der Waals surface area contributed by atoms with E-state index < -0.39 is 0 Å². The van der Waals surface area contributed by atoms with Crippen molar-refractivity contribution >= 4 is 28.8 Å². The molecule has 0 fully saturated rings. The molecule has 1 amide bonds. The first-order valence-electron chi connectivity index (χ1n) is 9.58. The van der Waals surface area contributed by atoms with Gasteiger partial charge < -0.3 is 9.32 Å². The lowest BCUT2D eigenvalue weighted by atomic mass is 10.1. The van der Waals surface area contributed by atoms with Crippen LogP contribution in [0, 0.1) is 6.92 Å². The van der Waals surface area contributed by atoms with Crippen molar-refractivity contribution in [2.24, 2.45) is 0 Å². The van der Waals surface area contributed by atoms with Gasteiger partial charge in [0.05, 0.1) is 10.9 Å². The molecule has 0 aliphatic carbocycles. The maximum atomic E-state index is 12.9. The van der Waals surface area contributed by atoms with Gasteiger partial charge in [-0.1, -0.05) is 29.8 Å². The minimum Gasteiger partial charge on any atom is -0.416 e. The minimum atomic E-state index is -0.0281. The Labute approximate surface area is 183 Å². The van der Waals surface area contributed by atoms with Crippen molar-refractivity contribution in [2.45, 2.75) is 20.4 Å². The lowest BCUT2D eigenvalue weighted by Crippen LogP contribution is -2.29. The van der Waals surface area contributed by atoms with Crippen LogP contribution in [0.3, 0.4) is 0 Å². The summed E-state index contributed by atoms with van der Waals surface area (Å²) in [5, 5.41) is 8.33. The van der Waals surface area contributed by atoms with E-state index in [1.807, 2.05) is 62.4 Å². The lowest BCUT2D eigenvalue weighted by Gasteiger charge is -2.20. The van der Waals surface area contributed by atoms with Crippen LogP contribution >= 0.6 is 22.9 Å². The molecule has 0 atom stereocenters. The van der Waals surface area contributed by atoms with Crippen molar-refractivity contribution in [3.63, 3.8) is 0 Å². The van der Waals surface area contributed by atoms with Crippen LogP contribution in [0.2, 0.25) is 4.34 Å². The second-order valence-electron chi connectivity index (χ2n) is 6.83. The number of halogens is 1. The Kier molecular flexibility index (Phi) is 5.97. The SMILES string of the molecule is CCN(Cc1ccc(Cl)s1)C(=O)c1ccc(-c2nnc(-c3ccccc3C)o2)cc1. The second kappa shape index (κ2) is 8.81. The van der Waals surface area contributed by atoms with E-state index in [0.29, 0.717) is 30.4 Å². The van der Waals surface area contributed by atoms with Crippen LogP contribution in [0.1, 0.15) is 27.7 Å². The van der Waals surface area contributed by atoms with Crippen LogP contribution in [-0.4, -0.2) is 27.5 Å². The van der Waals surface area contributed by atoms with Gasteiger partial charge in [0.1, 0.15) is 0 Å². The van der Waals surface area contributed by atoms with Crippen LogP contribution in [0.15, 0.2) is 65.1 Å². The highest BCUT2D eigenvalue weighted by molar-refractivity contribution is 7.16. The number of nitrogens with zero attached hydrogens (tertiary/aromatic N) is 3. The van der Waals surface area contributed by atoms with Crippen molar-refractivity contribution < 1.29 is 9.21 Å². The quantitative estimate of drug-likeness (QED) is 0.366. The third-order valence-corrected chi connectivity index (χ3v) is 6.04. The predicted molar refractivity (Wildman–Crippen MR) is 120 cm³/mol. The topological polar surface area (TPSA) is 59.2 Å². The summed E-state index contributed by atoms with van der Waals surface area (Å²) >= 11 is 7.49. The average Bonchev–Trinajstić information content (AvgIpc) is 3.41. The van der Waals surface area contributed by atoms with Gasteiger partial charge in [0.15, 0.2) is 0 Å². The zero-order valence-corrected chi connectivity index (χ0v) is 18.2. The summed E-state index contributed by atoms with van der Waals surface area (Å²) in [6.45, 7) is 5.12. The van der Waals surface area contributed by atoms with E-state index >= 15 is 0 Å².